The standard InChI is InChI=1S/C23H22ClF3N6O3S/c1-33(2)9-10-36-32-21(34)19-12-20(29-13-28-19)37-16-6-3-14(4-7-16)30-22(35)31-15-5-8-18(24)17(11-15)23(25,26)27/h3-8,11-13H,9-10H2,1-2H3,(H,32,34)(H2,30,31,35). The van der Waals surface area contributed by atoms with Crippen LogP contribution in [0.25, 0.3) is 0 Å². The molecule has 14 heteroatoms. The van der Waals surface area contributed by atoms with E-state index in [-0.39, 0.29) is 11.4 Å². The molecule has 0 saturated carbocycles. The molecule has 2 aromatic carbocycles. The summed E-state index contributed by atoms with van der Waals surface area (Å²) in [5.74, 6) is -0.503. The normalized spacial score (nSPS) is 11.3. The molecule has 0 radical (unpaired) electrons. The smallest absolute Gasteiger partial charge is 0.308 e. The third kappa shape index (κ3) is 8.89. The Bertz CT molecular complexity index is 1250. The predicted octanol–water partition coefficient (Wildman–Crippen LogP) is 5.17. The SMILES string of the molecule is CN(C)CCONC(=O)c1cc(Sc2ccc(NC(=O)Nc3ccc(Cl)c(C(F)(F)F)c3)cc2)ncn1. The third-order valence-electron chi connectivity index (χ3n) is 4.54. The van der Waals surface area contributed by atoms with Crippen molar-refractivity contribution >= 4 is 46.7 Å². The van der Waals surface area contributed by atoms with E-state index in [1.54, 1.807) is 24.3 Å². The lowest BCUT2D eigenvalue weighted by molar-refractivity contribution is -0.137. The van der Waals surface area contributed by atoms with Gasteiger partial charge < -0.3 is 15.5 Å². The van der Waals surface area contributed by atoms with Crippen molar-refractivity contribution in [2.75, 3.05) is 37.9 Å². The second-order valence-electron chi connectivity index (χ2n) is 7.72. The van der Waals surface area contributed by atoms with Crippen molar-refractivity contribution in [1.82, 2.24) is 20.3 Å². The van der Waals surface area contributed by atoms with Crippen LogP contribution in [0.2, 0.25) is 5.02 Å². The molecular weight excluding hydrogens is 533 g/mol. The second kappa shape index (κ2) is 12.7. The first-order valence-electron chi connectivity index (χ1n) is 10.6. The van der Waals surface area contributed by atoms with Crippen molar-refractivity contribution < 1.29 is 27.6 Å². The van der Waals surface area contributed by atoms with Gasteiger partial charge in [-0.3, -0.25) is 9.63 Å². The quantitative estimate of drug-likeness (QED) is 0.190. The molecule has 1 heterocycles. The van der Waals surface area contributed by atoms with E-state index < -0.39 is 28.7 Å². The fourth-order valence-corrected chi connectivity index (χ4v) is 3.77. The van der Waals surface area contributed by atoms with Crippen molar-refractivity contribution in [1.29, 1.82) is 0 Å². The lowest BCUT2D eigenvalue weighted by Crippen LogP contribution is -2.28. The van der Waals surface area contributed by atoms with Gasteiger partial charge in [0.2, 0.25) is 0 Å². The molecule has 0 spiro atoms. The van der Waals surface area contributed by atoms with E-state index in [9.17, 15) is 22.8 Å². The molecule has 1 aromatic heterocycles. The average Bonchev–Trinajstić information content (AvgIpc) is 2.83. The van der Waals surface area contributed by atoms with Crippen LogP contribution in [0.15, 0.2) is 64.8 Å². The van der Waals surface area contributed by atoms with Crippen molar-refractivity contribution in [3.05, 3.63) is 71.1 Å². The first-order valence-corrected chi connectivity index (χ1v) is 11.8. The number of hydroxylamine groups is 1. The van der Waals surface area contributed by atoms with Crippen molar-refractivity contribution in [3.8, 4) is 0 Å². The van der Waals surface area contributed by atoms with Crippen molar-refractivity contribution in [3.63, 3.8) is 0 Å². The summed E-state index contributed by atoms with van der Waals surface area (Å²) in [5, 5.41) is 4.93. The highest BCUT2D eigenvalue weighted by Gasteiger charge is 2.33. The lowest BCUT2D eigenvalue weighted by atomic mass is 10.2. The number of amides is 3. The second-order valence-corrected chi connectivity index (χ2v) is 9.22. The van der Waals surface area contributed by atoms with Crippen LogP contribution in [-0.2, 0) is 11.0 Å². The topological polar surface area (TPSA) is 108 Å². The summed E-state index contributed by atoms with van der Waals surface area (Å²) < 4.78 is 39.0. The molecule has 0 aliphatic rings. The van der Waals surface area contributed by atoms with Gasteiger partial charge in [0.25, 0.3) is 5.91 Å². The van der Waals surface area contributed by atoms with E-state index in [0.29, 0.717) is 23.9 Å². The third-order valence-corrected chi connectivity index (χ3v) is 5.81. The van der Waals surface area contributed by atoms with Crippen LogP contribution in [-0.4, -0.2) is 54.1 Å². The summed E-state index contributed by atoms with van der Waals surface area (Å²) in [6.07, 6.45) is -3.38. The highest BCUT2D eigenvalue weighted by molar-refractivity contribution is 7.99. The maximum absolute atomic E-state index is 13.0. The molecule has 3 aromatic rings. The zero-order chi connectivity index (χ0) is 27.0. The molecule has 0 aliphatic carbocycles. The molecule has 0 fully saturated rings. The van der Waals surface area contributed by atoms with E-state index in [2.05, 4.69) is 26.1 Å². The number of carbonyl (C=O) groups is 2. The van der Waals surface area contributed by atoms with Crippen LogP contribution in [0.4, 0.5) is 29.3 Å². The van der Waals surface area contributed by atoms with Gasteiger partial charge in [0.15, 0.2) is 0 Å². The monoisotopic (exact) mass is 554 g/mol. The molecule has 37 heavy (non-hydrogen) atoms. The van der Waals surface area contributed by atoms with Crippen molar-refractivity contribution in [2.24, 2.45) is 0 Å². The Morgan fingerprint density at radius 3 is 2.38 bits per heavy atom. The van der Waals surface area contributed by atoms with Crippen LogP contribution < -0.4 is 16.1 Å². The molecule has 0 atom stereocenters. The molecule has 3 amide bonds. The maximum Gasteiger partial charge on any atom is 0.417 e. The van der Waals surface area contributed by atoms with E-state index in [1.165, 1.54) is 30.2 Å². The van der Waals surface area contributed by atoms with Gasteiger partial charge in [0.1, 0.15) is 17.0 Å². The number of rotatable bonds is 9. The first-order chi connectivity index (χ1) is 17.5. The van der Waals surface area contributed by atoms with Crippen LogP contribution in [0.3, 0.4) is 0 Å². The Morgan fingerprint density at radius 2 is 1.70 bits per heavy atom. The number of aromatic nitrogens is 2. The predicted molar refractivity (Wildman–Crippen MR) is 134 cm³/mol. The van der Waals surface area contributed by atoms with Crippen molar-refractivity contribution in [2.45, 2.75) is 16.1 Å². The highest BCUT2D eigenvalue weighted by Crippen LogP contribution is 2.36. The molecule has 3 rings (SSSR count). The number of alkyl halides is 3. The average molecular weight is 555 g/mol. The van der Waals surface area contributed by atoms with Gasteiger partial charge in [0.05, 0.1) is 17.2 Å². The van der Waals surface area contributed by atoms with E-state index in [4.69, 9.17) is 16.4 Å². The number of carbonyl (C=O) groups excluding carboxylic acids is 2. The van der Waals surface area contributed by atoms with Gasteiger partial charge in [-0.15, -0.1) is 0 Å². The Hall–Kier alpha value is -3.39. The van der Waals surface area contributed by atoms with E-state index >= 15 is 0 Å². The number of nitrogens with one attached hydrogen (secondary N) is 3. The zero-order valence-electron chi connectivity index (χ0n) is 19.6. The first kappa shape index (κ1) is 28.2. The number of nitrogens with zero attached hydrogens (tertiary/aromatic N) is 3. The number of anilines is 2. The van der Waals surface area contributed by atoms with Gasteiger partial charge in [-0.05, 0) is 56.6 Å². The molecule has 196 valence electrons. The molecule has 0 unspecified atom stereocenters. The minimum atomic E-state index is -4.65. The summed E-state index contributed by atoms with van der Waals surface area (Å²) in [7, 11) is 3.77. The molecule has 0 saturated heterocycles. The molecule has 3 N–H and O–H groups in total. The number of hydrogen-bond donors (Lipinski definition) is 3. The van der Waals surface area contributed by atoms with Crippen LogP contribution in [0.1, 0.15) is 16.1 Å². The zero-order valence-corrected chi connectivity index (χ0v) is 21.2. The van der Waals surface area contributed by atoms with Gasteiger partial charge in [-0.1, -0.05) is 23.4 Å². The lowest BCUT2D eigenvalue weighted by Gasteiger charge is -2.12. The fraction of sp³-hybridized carbons (Fsp3) is 0.217. The largest absolute Gasteiger partial charge is 0.417 e. The highest BCUT2D eigenvalue weighted by atomic mass is 35.5. The Balaban J connectivity index is 1.55. The molecule has 0 aliphatic heterocycles. The molecule has 0 bridgehead atoms. The van der Waals surface area contributed by atoms with Gasteiger partial charge in [0, 0.05) is 28.9 Å². The molecular formula is C23H22ClF3N6O3S. The number of likely N-dealkylation sites (N-methyl/N-ethyl adjacent to an activating group) is 1. The number of urea groups is 1. The van der Waals surface area contributed by atoms with Crippen LogP contribution >= 0.6 is 23.4 Å². The minimum Gasteiger partial charge on any atom is -0.308 e. The van der Waals surface area contributed by atoms with Gasteiger partial charge in [-0.2, -0.15) is 13.2 Å². The van der Waals surface area contributed by atoms with E-state index in [1.807, 2.05) is 19.0 Å². The summed E-state index contributed by atoms with van der Waals surface area (Å²) in [4.78, 5) is 40.3. The Labute approximate surface area is 219 Å². The summed E-state index contributed by atoms with van der Waals surface area (Å²) in [6.45, 7) is 0.954. The van der Waals surface area contributed by atoms with E-state index in [0.717, 1.165) is 17.0 Å². The number of benzene rings is 2. The number of hydrogen-bond acceptors (Lipinski definition) is 7. The van der Waals surface area contributed by atoms with Gasteiger partial charge in [-0.25, -0.2) is 20.2 Å². The molecule has 9 nitrogen and oxygen atoms in total. The maximum atomic E-state index is 13.0. The fourth-order valence-electron chi connectivity index (χ4n) is 2.76. The Morgan fingerprint density at radius 1 is 1.03 bits per heavy atom. The summed E-state index contributed by atoms with van der Waals surface area (Å²) in [5.41, 5.74) is 1.76. The van der Waals surface area contributed by atoms with Crippen LogP contribution in [0, 0.1) is 0 Å². The number of halogens is 4. The summed E-state index contributed by atoms with van der Waals surface area (Å²) >= 11 is 6.85. The minimum absolute atomic E-state index is 0.0619. The Kier molecular flexibility index (Phi) is 9.69. The summed E-state index contributed by atoms with van der Waals surface area (Å²) in [6, 6.07) is 10.5. The van der Waals surface area contributed by atoms with Crippen LogP contribution in [0.5, 0.6) is 0 Å². The van der Waals surface area contributed by atoms with Gasteiger partial charge >= 0.3 is 12.2 Å².